The number of anilines is 1. The molecule has 1 aliphatic heterocycles. The van der Waals surface area contributed by atoms with E-state index in [4.69, 9.17) is 9.72 Å². The third-order valence-electron chi connectivity index (χ3n) is 9.00. The summed E-state index contributed by atoms with van der Waals surface area (Å²) in [7, 11) is 0. The van der Waals surface area contributed by atoms with Gasteiger partial charge in [0.1, 0.15) is 11.4 Å². The summed E-state index contributed by atoms with van der Waals surface area (Å²) in [4.78, 5) is 38.9. The van der Waals surface area contributed by atoms with Gasteiger partial charge < -0.3 is 15.0 Å². The van der Waals surface area contributed by atoms with Crippen molar-refractivity contribution in [2.45, 2.75) is 64.1 Å². The van der Waals surface area contributed by atoms with Crippen LogP contribution in [0.15, 0.2) is 77.7 Å². The number of pyridine rings is 1. The zero-order valence-corrected chi connectivity index (χ0v) is 25.2. The fourth-order valence-corrected chi connectivity index (χ4v) is 6.68. The lowest BCUT2D eigenvalue weighted by Gasteiger charge is -2.46. The molecule has 2 aromatic heterocycles. The summed E-state index contributed by atoms with van der Waals surface area (Å²) >= 11 is 0. The third-order valence-corrected chi connectivity index (χ3v) is 9.00. The highest BCUT2D eigenvalue weighted by Crippen LogP contribution is 2.44. The molecule has 224 valence electrons. The Labute approximate surface area is 252 Å². The van der Waals surface area contributed by atoms with Crippen LogP contribution in [0, 0.1) is 0 Å². The molecule has 2 aromatic carbocycles. The molecule has 1 saturated carbocycles. The number of nitrogens with one attached hydrogen (secondary N) is 1. The number of benzene rings is 2. The molecule has 1 aliphatic carbocycles. The Balaban J connectivity index is 1.14. The smallest absolute Gasteiger partial charge is 0.410 e. The molecule has 1 N–H and O–H groups in total. The summed E-state index contributed by atoms with van der Waals surface area (Å²) in [5, 5.41) is 4.27. The van der Waals surface area contributed by atoms with Gasteiger partial charge in [0.15, 0.2) is 0 Å². The summed E-state index contributed by atoms with van der Waals surface area (Å²) in [5.74, 6) is 1.08. The molecular weight excluding hydrogens is 540 g/mol. The second-order valence-electron chi connectivity index (χ2n) is 12.0. The van der Waals surface area contributed by atoms with Crippen LogP contribution in [0.1, 0.15) is 69.7 Å². The van der Waals surface area contributed by atoms with Crippen molar-refractivity contribution < 1.29 is 9.53 Å². The number of hydrogen-bond acceptors (Lipinski definition) is 7. The van der Waals surface area contributed by atoms with Gasteiger partial charge in [0.05, 0.1) is 6.04 Å². The van der Waals surface area contributed by atoms with Crippen LogP contribution in [0.25, 0.3) is 11.0 Å². The van der Waals surface area contributed by atoms with Crippen molar-refractivity contribution in [3.8, 4) is 5.75 Å². The van der Waals surface area contributed by atoms with E-state index in [1.54, 1.807) is 22.9 Å². The van der Waals surface area contributed by atoms with E-state index < -0.39 is 0 Å². The molecular formula is C34H40N6O3. The number of amides is 1. The number of piperazine rings is 1. The van der Waals surface area contributed by atoms with E-state index in [0.717, 1.165) is 36.9 Å². The summed E-state index contributed by atoms with van der Waals surface area (Å²) < 4.78 is 7.29. The van der Waals surface area contributed by atoms with E-state index in [9.17, 15) is 9.59 Å². The quantitative estimate of drug-likeness (QED) is 0.281. The van der Waals surface area contributed by atoms with Crippen molar-refractivity contribution in [1.82, 2.24) is 24.3 Å². The topological polar surface area (TPSA) is 92.6 Å². The molecule has 43 heavy (non-hydrogen) atoms. The molecule has 1 saturated heterocycles. The molecule has 0 radical (unpaired) electrons. The molecule has 4 aromatic rings. The lowest BCUT2D eigenvalue weighted by molar-refractivity contribution is 0.0354. The average molecular weight is 581 g/mol. The molecule has 2 fully saturated rings. The second-order valence-corrected chi connectivity index (χ2v) is 12.0. The van der Waals surface area contributed by atoms with Crippen LogP contribution in [-0.2, 0) is 5.54 Å². The summed E-state index contributed by atoms with van der Waals surface area (Å²) in [5.41, 5.74) is 3.05. The Bertz CT molecular complexity index is 1620. The molecule has 0 spiro atoms. The Morgan fingerprint density at radius 2 is 1.60 bits per heavy atom. The fraction of sp³-hybridized carbons (Fsp3) is 0.412. The van der Waals surface area contributed by atoms with E-state index in [0.29, 0.717) is 30.4 Å². The third kappa shape index (κ3) is 5.86. The summed E-state index contributed by atoms with van der Waals surface area (Å²) in [6, 6.07) is 21.5. The minimum atomic E-state index is -0.278. The van der Waals surface area contributed by atoms with Crippen molar-refractivity contribution in [1.29, 1.82) is 0 Å². The Hall–Kier alpha value is -4.24. The normalized spacial score (nSPS) is 17.7. The monoisotopic (exact) mass is 580 g/mol. The number of ether oxygens (including phenoxy) is 1. The van der Waals surface area contributed by atoms with E-state index in [1.807, 2.05) is 49.1 Å². The Kier molecular flexibility index (Phi) is 8.17. The molecule has 0 bridgehead atoms. The highest BCUT2D eigenvalue weighted by Gasteiger charge is 2.42. The maximum Gasteiger partial charge on any atom is 0.415 e. The van der Waals surface area contributed by atoms with Crippen LogP contribution in [0.3, 0.4) is 0 Å². The Morgan fingerprint density at radius 1 is 0.907 bits per heavy atom. The van der Waals surface area contributed by atoms with Gasteiger partial charge in [-0.1, -0.05) is 55.3 Å². The minimum absolute atomic E-state index is 0.00193. The second kappa shape index (κ2) is 12.2. The van der Waals surface area contributed by atoms with Gasteiger partial charge in [-0.2, -0.15) is 4.98 Å². The first-order chi connectivity index (χ1) is 20.8. The van der Waals surface area contributed by atoms with Crippen molar-refractivity contribution in [2.24, 2.45) is 0 Å². The number of hydrogen-bond donors (Lipinski definition) is 1. The highest BCUT2D eigenvalue weighted by atomic mass is 16.6. The zero-order chi connectivity index (χ0) is 30.0. The van der Waals surface area contributed by atoms with E-state index in [-0.39, 0.29) is 29.3 Å². The van der Waals surface area contributed by atoms with Gasteiger partial charge in [-0.3, -0.25) is 14.3 Å². The first-order valence-electron chi connectivity index (χ1n) is 15.4. The van der Waals surface area contributed by atoms with Crippen molar-refractivity contribution in [3.63, 3.8) is 0 Å². The maximum absolute atomic E-state index is 12.8. The molecule has 1 amide bonds. The van der Waals surface area contributed by atoms with Gasteiger partial charge in [0.2, 0.25) is 5.95 Å². The van der Waals surface area contributed by atoms with Gasteiger partial charge in [0.25, 0.3) is 5.56 Å². The lowest BCUT2D eigenvalue weighted by Crippen LogP contribution is -2.56. The van der Waals surface area contributed by atoms with Crippen molar-refractivity contribution >= 4 is 23.1 Å². The fourth-order valence-electron chi connectivity index (χ4n) is 6.68. The minimum Gasteiger partial charge on any atom is -0.410 e. The zero-order valence-electron chi connectivity index (χ0n) is 25.2. The number of nitrogens with zero attached hydrogens (tertiary/aromatic N) is 5. The predicted octanol–water partition coefficient (Wildman–Crippen LogP) is 6.13. The van der Waals surface area contributed by atoms with E-state index in [1.165, 1.54) is 18.4 Å². The van der Waals surface area contributed by atoms with Gasteiger partial charge >= 0.3 is 6.09 Å². The summed E-state index contributed by atoms with van der Waals surface area (Å²) in [6.45, 7) is 9.02. The number of fused-ring (bicyclic) bond motifs is 1. The molecule has 6 rings (SSSR count). The van der Waals surface area contributed by atoms with Crippen LogP contribution in [0.4, 0.5) is 10.7 Å². The van der Waals surface area contributed by atoms with Crippen LogP contribution >= 0.6 is 0 Å². The number of carbonyl (C=O) groups is 1. The van der Waals surface area contributed by atoms with Crippen LogP contribution < -0.4 is 15.6 Å². The maximum atomic E-state index is 12.8. The standard InChI is InChI=1S/C34H40N6O3/c1-24(2)40-30(41)16-13-27-23-35-32(37-31(27)40)36-25(3)26-11-14-28(15-12-26)34(17-7-8-18-34)39-21-19-38(20-22-39)33(42)43-29-9-5-4-6-10-29/h4-6,9-16,23-25H,7-8,17-22H2,1-3H3,(H,35,36,37)/t25-/m0/s1. The predicted molar refractivity (Wildman–Crippen MR) is 168 cm³/mol. The first-order valence-corrected chi connectivity index (χ1v) is 15.4. The van der Waals surface area contributed by atoms with E-state index >= 15 is 0 Å². The highest BCUT2D eigenvalue weighted by molar-refractivity contribution is 5.75. The SMILES string of the molecule is CC(C)n1c(=O)ccc2cnc(N[C@@H](C)c3ccc(C4(N5CCN(C(=O)Oc6ccccc6)CC5)CCCC4)cc3)nc21. The first kappa shape index (κ1) is 28.9. The number of carbonyl (C=O) groups excluding carboxylic acids is 1. The van der Waals surface area contributed by atoms with Crippen LogP contribution in [-0.4, -0.2) is 56.6 Å². The molecule has 1 atom stereocenters. The molecule has 9 heteroatoms. The van der Waals surface area contributed by atoms with Crippen LogP contribution in [0.2, 0.25) is 0 Å². The largest absolute Gasteiger partial charge is 0.415 e. The van der Waals surface area contributed by atoms with Crippen LogP contribution in [0.5, 0.6) is 5.75 Å². The number of aromatic nitrogens is 3. The van der Waals surface area contributed by atoms with Gasteiger partial charge in [-0.15, -0.1) is 0 Å². The summed E-state index contributed by atoms with van der Waals surface area (Å²) in [6.07, 6.45) is 6.14. The number of rotatable bonds is 7. The lowest BCUT2D eigenvalue weighted by atomic mass is 9.85. The molecule has 9 nitrogen and oxygen atoms in total. The van der Waals surface area contributed by atoms with Gasteiger partial charge in [-0.05, 0) is 62.9 Å². The Morgan fingerprint density at radius 3 is 2.28 bits per heavy atom. The molecule has 3 heterocycles. The van der Waals surface area contributed by atoms with Crippen molar-refractivity contribution in [2.75, 3.05) is 31.5 Å². The van der Waals surface area contributed by atoms with E-state index in [2.05, 4.69) is 46.4 Å². The molecule has 2 aliphatic rings. The molecule has 0 unspecified atom stereocenters. The van der Waals surface area contributed by atoms with Gasteiger partial charge in [-0.25, -0.2) is 9.78 Å². The van der Waals surface area contributed by atoms with Crippen molar-refractivity contribution in [3.05, 3.63) is 94.4 Å². The van der Waals surface area contributed by atoms with Gasteiger partial charge in [0, 0.05) is 55.4 Å². The number of para-hydroxylation sites is 1. The average Bonchev–Trinajstić information content (AvgIpc) is 3.53.